The summed E-state index contributed by atoms with van der Waals surface area (Å²) in [7, 11) is 3.19. The molecule has 0 saturated heterocycles. The third-order valence-corrected chi connectivity index (χ3v) is 3.51. The van der Waals surface area contributed by atoms with Gasteiger partial charge in [0.25, 0.3) is 0 Å². The molecule has 0 fully saturated rings. The Morgan fingerprint density at radius 2 is 1.71 bits per heavy atom. The molecular formula is C14H19CuN7S2. The molecule has 0 unspecified atom stereocenters. The zero-order valence-electron chi connectivity index (χ0n) is 13.7. The summed E-state index contributed by atoms with van der Waals surface area (Å²) in [6, 6.07) is 3.85. The van der Waals surface area contributed by atoms with E-state index in [1.54, 1.807) is 26.5 Å². The van der Waals surface area contributed by atoms with E-state index in [4.69, 9.17) is 25.3 Å². The van der Waals surface area contributed by atoms with E-state index >= 15 is 0 Å². The Balaban J connectivity index is 0.00000529. The number of amidine groups is 2. The zero-order valence-corrected chi connectivity index (χ0v) is 16.3. The van der Waals surface area contributed by atoms with Crippen molar-refractivity contribution in [3.63, 3.8) is 0 Å². The van der Waals surface area contributed by atoms with Crippen LogP contribution in [0, 0.1) is 0 Å². The number of pyridine rings is 1. The van der Waals surface area contributed by atoms with Crippen molar-refractivity contribution in [1.82, 2.24) is 15.8 Å². The average molecular weight is 413 g/mol. The van der Waals surface area contributed by atoms with Gasteiger partial charge in [-0.2, -0.15) is 10.2 Å². The second-order valence-corrected chi connectivity index (χ2v) is 5.26. The first-order valence-electron chi connectivity index (χ1n) is 6.81. The summed E-state index contributed by atoms with van der Waals surface area (Å²) in [5.41, 5.74) is 7.77. The summed E-state index contributed by atoms with van der Waals surface area (Å²) in [6.45, 7) is 3.83. The van der Waals surface area contributed by atoms with Crippen LogP contribution in [0.4, 0.5) is 0 Å². The van der Waals surface area contributed by atoms with Gasteiger partial charge in [-0.25, -0.2) is 0 Å². The molecule has 7 nitrogen and oxygen atoms in total. The smallest absolute Gasteiger partial charge is 0.741 e. The monoisotopic (exact) mass is 412 g/mol. The standard InChI is InChI=1S/C14H21N7S2.Cu/c1-9(11-6-5-7-17-8-11)12(19-21-14(23)16-4)10(2)18-20-13(22)15-3;/h5-9H,1-4H3,(H2,15,20,22)(H2,16,21,23);/q;+2/p-2/b18-10+,19-12+;/t9-;/m0./s1. The van der Waals surface area contributed by atoms with Crippen molar-refractivity contribution < 1.29 is 17.1 Å². The van der Waals surface area contributed by atoms with Gasteiger partial charge in [0.2, 0.25) is 0 Å². The van der Waals surface area contributed by atoms with Gasteiger partial charge in [0.05, 0.1) is 11.4 Å². The van der Waals surface area contributed by atoms with Gasteiger partial charge in [-0.1, -0.05) is 13.0 Å². The summed E-state index contributed by atoms with van der Waals surface area (Å²) in [5.74, 6) is -0.0476. The summed E-state index contributed by atoms with van der Waals surface area (Å²) >= 11 is 9.96. The number of aromatic nitrogens is 1. The first-order chi connectivity index (χ1) is 11.0. The van der Waals surface area contributed by atoms with E-state index < -0.39 is 0 Å². The Hall–Kier alpha value is -1.61. The van der Waals surface area contributed by atoms with Gasteiger partial charge in [-0.05, 0) is 28.9 Å². The molecule has 0 aliphatic heterocycles. The molecule has 10 heteroatoms. The fourth-order valence-corrected chi connectivity index (χ4v) is 1.77. The van der Waals surface area contributed by atoms with Crippen LogP contribution in [0.1, 0.15) is 25.3 Å². The SMILES string of the molecule is CN=C([S-])N/N=C(C)/C(=N/NC([S-])=NC)[C@@H](C)c1cccnc1.[Cu+2]. The molecule has 1 heterocycles. The van der Waals surface area contributed by atoms with Crippen molar-refractivity contribution in [3.8, 4) is 0 Å². The maximum atomic E-state index is 5.00. The van der Waals surface area contributed by atoms with Crippen LogP contribution in [0.3, 0.4) is 0 Å². The predicted octanol–water partition coefficient (Wildman–Crippen LogP) is 1.16. The average Bonchev–Trinajstić information content (AvgIpc) is 2.59. The number of rotatable bonds is 5. The normalized spacial score (nSPS) is 14.7. The first kappa shape index (κ1) is 22.4. The van der Waals surface area contributed by atoms with Crippen molar-refractivity contribution >= 4 is 47.0 Å². The summed E-state index contributed by atoms with van der Waals surface area (Å²) in [6.07, 6.45) is 3.51. The number of nitrogens with zero attached hydrogens (tertiary/aromatic N) is 5. The molecular weight excluding hydrogens is 394 g/mol. The van der Waals surface area contributed by atoms with Crippen LogP contribution in [-0.4, -0.2) is 40.8 Å². The van der Waals surface area contributed by atoms with Crippen LogP contribution < -0.4 is 10.9 Å². The molecule has 0 aliphatic rings. The first-order valence-corrected chi connectivity index (χ1v) is 7.63. The van der Waals surface area contributed by atoms with Crippen LogP contribution in [-0.2, 0) is 42.3 Å². The Bertz CT molecular complexity index is 629. The fraction of sp³-hybridized carbons (Fsp3) is 0.357. The third kappa shape index (κ3) is 7.31. The third-order valence-electron chi connectivity index (χ3n) is 2.96. The molecule has 1 aromatic rings. The molecule has 1 aromatic heterocycles. The minimum atomic E-state index is -0.0476. The molecule has 133 valence electrons. The van der Waals surface area contributed by atoms with E-state index in [9.17, 15) is 0 Å². The number of nitrogens with one attached hydrogen (secondary N) is 2. The van der Waals surface area contributed by atoms with Crippen LogP contribution in [0.15, 0.2) is 44.7 Å². The second kappa shape index (κ2) is 11.9. The van der Waals surface area contributed by atoms with Crippen LogP contribution in [0.5, 0.6) is 0 Å². The molecule has 1 atom stereocenters. The van der Waals surface area contributed by atoms with Gasteiger partial charge < -0.3 is 25.3 Å². The Morgan fingerprint density at radius 3 is 2.21 bits per heavy atom. The number of hydrogen-bond donors (Lipinski definition) is 2. The maximum Gasteiger partial charge on any atom is 2.00 e. The van der Waals surface area contributed by atoms with Crippen LogP contribution in [0.25, 0.3) is 0 Å². The van der Waals surface area contributed by atoms with E-state index in [0.29, 0.717) is 21.8 Å². The summed E-state index contributed by atoms with van der Waals surface area (Å²) < 4.78 is 0. The molecule has 0 bridgehead atoms. The van der Waals surface area contributed by atoms with Gasteiger partial charge >= 0.3 is 17.1 Å². The molecule has 0 aliphatic carbocycles. The molecule has 0 saturated carbocycles. The molecule has 0 aromatic carbocycles. The van der Waals surface area contributed by atoms with Gasteiger partial charge in [0.1, 0.15) is 0 Å². The second-order valence-electron chi connectivity index (χ2n) is 4.48. The molecule has 1 radical (unpaired) electrons. The number of aliphatic imine (C=N–C) groups is 2. The molecule has 24 heavy (non-hydrogen) atoms. The van der Waals surface area contributed by atoms with Gasteiger partial charge in [-0.15, -0.1) is 0 Å². The van der Waals surface area contributed by atoms with E-state index in [2.05, 4.69) is 36.0 Å². The van der Waals surface area contributed by atoms with Crippen LogP contribution >= 0.6 is 0 Å². The van der Waals surface area contributed by atoms with Gasteiger partial charge in [-0.3, -0.25) is 25.8 Å². The maximum absolute atomic E-state index is 5.00. The summed E-state index contributed by atoms with van der Waals surface area (Å²) in [4.78, 5) is 11.8. The predicted molar refractivity (Wildman–Crippen MR) is 101 cm³/mol. The molecule has 2 N–H and O–H groups in total. The van der Waals surface area contributed by atoms with Crippen molar-refractivity contribution in [2.45, 2.75) is 19.8 Å². The van der Waals surface area contributed by atoms with Crippen molar-refractivity contribution in [1.29, 1.82) is 0 Å². The fourth-order valence-electron chi connectivity index (χ4n) is 1.68. The Labute approximate surface area is 163 Å². The quantitative estimate of drug-likeness (QED) is 0.249. The van der Waals surface area contributed by atoms with Gasteiger partial charge in [0, 0.05) is 32.4 Å². The van der Waals surface area contributed by atoms with Crippen LogP contribution in [0.2, 0.25) is 0 Å². The largest absolute Gasteiger partial charge is 2.00 e. The molecule has 1 rings (SSSR count). The molecule has 0 amide bonds. The van der Waals surface area contributed by atoms with Crippen molar-refractivity contribution in [2.24, 2.45) is 20.2 Å². The Kier molecular flexibility index (Phi) is 11.1. The Morgan fingerprint density at radius 1 is 1.12 bits per heavy atom. The van der Waals surface area contributed by atoms with E-state index in [-0.39, 0.29) is 23.0 Å². The van der Waals surface area contributed by atoms with E-state index in [1.165, 1.54) is 0 Å². The number of hydrogen-bond acceptors (Lipinski definition) is 7. The van der Waals surface area contributed by atoms with E-state index in [1.807, 2.05) is 26.0 Å². The molecule has 0 spiro atoms. The van der Waals surface area contributed by atoms with Gasteiger partial charge in [0.15, 0.2) is 0 Å². The minimum Gasteiger partial charge on any atom is -0.741 e. The summed E-state index contributed by atoms with van der Waals surface area (Å²) in [5, 5.41) is 9.13. The van der Waals surface area contributed by atoms with Crippen molar-refractivity contribution in [2.75, 3.05) is 14.1 Å². The number of hydrazone groups is 2. The minimum absolute atomic E-state index is 0. The van der Waals surface area contributed by atoms with E-state index in [0.717, 1.165) is 5.56 Å². The topological polar surface area (TPSA) is 86.4 Å². The zero-order chi connectivity index (χ0) is 17.2. The van der Waals surface area contributed by atoms with Crippen molar-refractivity contribution in [3.05, 3.63) is 30.1 Å².